The molecule has 1 nitrogen and oxygen atoms in total. The van der Waals surface area contributed by atoms with Gasteiger partial charge in [0.1, 0.15) is 11.6 Å². The number of benzene rings is 1. The van der Waals surface area contributed by atoms with Gasteiger partial charge in [-0.25, -0.2) is 4.39 Å². The Balaban J connectivity index is 3.25. The van der Waals surface area contributed by atoms with E-state index < -0.39 is 0 Å². The van der Waals surface area contributed by atoms with Gasteiger partial charge in [-0.2, -0.15) is 0 Å². The van der Waals surface area contributed by atoms with Crippen molar-refractivity contribution >= 4 is 21.7 Å². The van der Waals surface area contributed by atoms with Gasteiger partial charge in [-0.15, -0.1) is 0 Å². The summed E-state index contributed by atoms with van der Waals surface area (Å²) in [6.07, 6.45) is 0.293. The van der Waals surface area contributed by atoms with Gasteiger partial charge < -0.3 is 0 Å². The molecule has 76 valence electrons. The predicted octanol–water partition coefficient (Wildman–Crippen LogP) is 3.34. The highest BCUT2D eigenvalue weighted by Gasteiger charge is 2.11. The maximum Gasteiger partial charge on any atom is 0.134 e. The van der Waals surface area contributed by atoms with Crippen molar-refractivity contribution in [3.63, 3.8) is 0 Å². The van der Waals surface area contributed by atoms with E-state index in [1.807, 2.05) is 6.07 Å². The van der Waals surface area contributed by atoms with Crippen molar-refractivity contribution in [3.05, 3.63) is 33.0 Å². The van der Waals surface area contributed by atoms with Crippen molar-refractivity contribution in [2.75, 3.05) is 0 Å². The van der Waals surface area contributed by atoms with E-state index in [0.29, 0.717) is 17.5 Å². The monoisotopic (exact) mass is 258 g/mol. The number of halogens is 2. The first-order chi connectivity index (χ1) is 6.43. The molecule has 14 heavy (non-hydrogen) atoms. The first-order valence-electron chi connectivity index (χ1n) is 4.37. The standard InChI is InChI=1S/C11H12BrFO/c1-6(14)4-9-5-10(12)8(3)11(13)7(9)2/h5H,4H2,1-3H3. The van der Waals surface area contributed by atoms with Crippen molar-refractivity contribution in [1.82, 2.24) is 0 Å². The minimum Gasteiger partial charge on any atom is -0.300 e. The molecular formula is C11H12BrFO. The molecule has 0 spiro atoms. The Morgan fingerprint density at radius 1 is 1.43 bits per heavy atom. The van der Waals surface area contributed by atoms with Gasteiger partial charge in [-0.05, 0) is 43.5 Å². The molecule has 0 saturated heterocycles. The summed E-state index contributed by atoms with van der Waals surface area (Å²) in [6, 6.07) is 1.81. The van der Waals surface area contributed by atoms with Gasteiger partial charge in [0.25, 0.3) is 0 Å². The molecule has 3 heteroatoms. The summed E-state index contributed by atoms with van der Waals surface area (Å²) in [6.45, 7) is 4.92. The topological polar surface area (TPSA) is 17.1 Å². The van der Waals surface area contributed by atoms with Crippen molar-refractivity contribution in [1.29, 1.82) is 0 Å². The second-order valence-electron chi connectivity index (χ2n) is 3.46. The average Bonchev–Trinajstić information content (AvgIpc) is 2.10. The Hall–Kier alpha value is -0.700. The van der Waals surface area contributed by atoms with Gasteiger partial charge in [-0.3, -0.25) is 4.79 Å². The number of hydrogen-bond donors (Lipinski definition) is 0. The molecule has 0 aliphatic carbocycles. The average molecular weight is 259 g/mol. The van der Waals surface area contributed by atoms with Gasteiger partial charge in [0, 0.05) is 10.9 Å². The molecule has 1 aromatic carbocycles. The molecule has 0 aliphatic heterocycles. The number of Topliss-reactive ketones (excluding diaryl/α,β-unsaturated/α-hetero) is 1. The largest absolute Gasteiger partial charge is 0.300 e. The molecule has 0 bridgehead atoms. The molecule has 1 rings (SSSR count). The van der Waals surface area contributed by atoms with Crippen LogP contribution in [0.15, 0.2) is 10.5 Å². The molecule has 0 N–H and O–H groups in total. The number of ketones is 1. The lowest BCUT2D eigenvalue weighted by Gasteiger charge is -2.09. The van der Waals surface area contributed by atoms with E-state index in [-0.39, 0.29) is 11.6 Å². The number of hydrogen-bond acceptors (Lipinski definition) is 1. The molecule has 0 fully saturated rings. The smallest absolute Gasteiger partial charge is 0.134 e. The molecule has 0 aliphatic rings. The molecule has 1 aromatic rings. The van der Waals surface area contributed by atoms with Crippen LogP contribution >= 0.6 is 15.9 Å². The summed E-state index contributed by atoms with van der Waals surface area (Å²) in [5.74, 6) is -0.182. The second kappa shape index (κ2) is 4.22. The van der Waals surface area contributed by atoms with Crippen LogP contribution in [0.3, 0.4) is 0 Å². The number of carbonyl (C=O) groups excluding carboxylic acids is 1. The van der Waals surface area contributed by atoms with Crippen LogP contribution in [0.1, 0.15) is 23.6 Å². The first-order valence-corrected chi connectivity index (χ1v) is 5.16. The van der Waals surface area contributed by atoms with Crippen molar-refractivity contribution in [2.24, 2.45) is 0 Å². The summed E-state index contributed by atoms with van der Waals surface area (Å²) >= 11 is 3.27. The summed E-state index contributed by atoms with van der Waals surface area (Å²) < 4.78 is 14.3. The van der Waals surface area contributed by atoms with E-state index >= 15 is 0 Å². The normalized spacial score (nSPS) is 10.4. The van der Waals surface area contributed by atoms with Crippen LogP contribution in [0.25, 0.3) is 0 Å². The zero-order valence-electron chi connectivity index (χ0n) is 8.45. The maximum atomic E-state index is 13.6. The van der Waals surface area contributed by atoms with Crippen LogP contribution in [0.5, 0.6) is 0 Å². The van der Waals surface area contributed by atoms with Crippen LogP contribution < -0.4 is 0 Å². The first kappa shape index (κ1) is 11.4. The third-order valence-electron chi connectivity index (χ3n) is 2.24. The lowest BCUT2D eigenvalue weighted by molar-refractivity contribution is -0.116. The third-order valence-corrected chi connectivity index (χ3v) is 3.06. The summed E-state index contributed by atoms with van der Waals surface area (Å²) in [5.41, 5.74) is 1.92. The molecular weight excluding hydrogens is 247 g/mol. The van der Waals surface area contributed by atoms with Gasteiger partial charge >= 0.3 is 0 Å². The lowest BCUT2D eigenvalue weighted by Crippen LogP contribution is -2.02. The van der Waals surface area contributed by atoms with Crippen molar-refractivity contribution in [2.45, 2.75) is 27.2 Å². The number of carbonyl (C=O) groups is 1. The van der Waals surface area contributed by atoms with Gasteiger partial charge in [0.2, 0.25) is 0 Å². The molecule has 0 heterocycles. The third kappa shape index (κ3) is 2.21. The molecule has 0 radical (unpaired) electrons. The maximum absolute atomic E-state index is 13.6. The predicted molar refractivity (Wildman–Crippen MR) is 58.0 cm³/mol. The van der Waals surface area contributed by atoms with E-state index in [4.69, 9.17) is 0 Å². The van der Waals surface area contributed by atoms with Crippen LogP contribution in [-0.2, 0) is 11.2 Å². The van der Waals surface area contributed by atoms with Gasteiger partial charge in [-0.1, -0.05) is 15.9 Å². The second-order valence-corrected chi connectivity index (χ2v) is 4.31. The molecule has 0 saturated carbocycles. The van der Waals surface area contributed by atoms with Crippen LogP contribution in [0, 0.1) is 19.7 Å². The summed E-state index contributed by atoms with van der Waals surface area (Å²) in [4.78, 5) is 10.9. The zero-order valence-corrected chi connectivity index (χ0v) is 10.0. The minimum absolute atomic E-state index is 0.0447. The highest BCUT2D eigenvalue weighted by atomic mass is 79.9. The van der Waals surface area contributed by atoms with Crippen LogP contribution in [-0.4, -0.2) is 5.78 Å². The number of rotatable bonds is 2. The van der Waals surface area contributed by atoms with Crippen LogP contribution in [0.2, 0.25) is 0 Å². The summed E-state index contributed by atoms with van der Waals surface area (Å²) in [5, 5.41) is 0. The fraction of sp³-hybridized carbons (Fsp3) is 0.364. The minimum atomic E-state index is -0.226. The van der Waals surface area contributed by atoms with Crippen LogP contribution in [0.4, 0.5) is 4.39 Å². The van der Waals surface area contributed by atoms with E-state index in [0.717, 1.165) is 10.0 Å². The fourth-order valence-corrected chi connectivity index (χ4v) is 1.80. The zero-order chi connectivity index (χ0) is 10.9. The Kier molecular flexibility index (Phi) is 3.43. The van der Waals surface area contributed by atoms with Crippen molar-refractivity contribution in [3.8, 4) is 0 Å². The Morgan fingerprint density at radius 2 is 2.00 bits per heavy atom. The fourth-order valence-electron chi connectivity index (χ4n) is 1.35. The van der Waals surface area contributed by atoms with E-state index in [9.17, 15) is 9.18 Å². The quantitative estimate of drug-likeness (QED) is 0.796. The highest BCUT2D eigenvalue weighted by Crippen LogP contribution is 2.25. The molecule has 0 aromatic heterocycles. The highest BCUT2D eigenvalue weighted by molar-refractivity contribution is 9.10. The SMILES string of the molecule is CC(=O)Cc1cc(Br)c(C)c(F)c1C. The van der Waals surface area contributed by atoms with Gasteiger partial charge in [0.05, 0.1) is 0 Å². The molecule has 0 atom stereocenters. The molecule has 0 amide bonds. The van der Waals surface area contributed by atoms with E-state index in [1.165, 1.54) is 6.92 Å². The van der Waals surface area contributed by atoms with Crippen molar-refractivity contribution < 1.29 is 9.18 Å². The van der Waals surface area contributed by atoms with E-state index in [2.05, 4.69) is 15.9 Å². The summed E-state index contributed by atoms with van der Waals surface area (Å²) in [7, 11) is 0. The Morgan fingerprint density at radius 3 is 2.50 bits per heavy atom. The Labute approximate surface area is 91.5 Å². The van der Waals surface area contributed by atoms with E-state index in [1.54, 1.807) is 13.8 Å². The molecule has 0 unspecified atom stereocenters. The lowest BCUT2D eigenvalue weighted by atomic mass is 10.0. The Bertz CT molecular complexity index is 385. The van der Waals surface area contributed by atoms with Gasteiger partial charge in [0.15, 0.2) is 0 Å².